The molecule has 2 rings (SSSR count). The lowest BCUT2D eigenvalue weighted by Crippen LogP contribution is -2.25. The summed E-state index contributed by atoms with van der Waals surface area (Å²) in [6.45, 7) is 0.533. The number of methoxy groups -OCH3 is 1. The van der Waals surface area contributed by atoms with Gasteiger partial charge in [0.05, 0.1) is 12.7 Å². The number of nitrogens with one attached hydrogen (secondary N) is 1. The zero-order chi connectivity index (χ0) is 15.1. The summed E-state index contributed by atoms with van der Waals surface area (Å²) in [5, 5.41) is 11.5. The molecule has 0 radical (unpaired) electrons. The Morgan fingerprint density at radius 1 is 1.29 bits per heavy atom. The molecule has 1 aromatic carbocycles. The lowest BCUT2D eigenvalue weighted by molar-refractivity contribution is 0.0954. The summed E-state index contributed by atoms with van der Waals surface area (Å²) in [7, 11) is 1.63. The summed E-state index contributed by atoms with van der Waals surface area (Å²) in [6, 6.07) is 12.7. The van der Waals surface area contributed by atoms with Crippen LogP contribution in [0.3, 0.4) is 0 Å². The number of aromatic nitrogens is 1. The van der Waals surface area contributed by atoms with Crippen molar-refractivity contribution in [3.63, 3.8) is 0 Å². The quantitative estimate of drug-likeness (QED) is 0.908. The second-order valence-electron chi connectivity index (χ2n) is 4.40. The fourth-order valence-corrected chi connectivity index (χ4v) is 1.81. The number of nitrogens with zero attached hydrogens (tertiary/aromatic N) is 2. The van der Waals surface area contributed by atoms with E-state index in [1.807, 2.05) is 30.3 Å². The third-order valence-electron chi connectivity index (χ3n) is 3.00. The first kappa shape index (κ1) is 14.5. The Kier molecular flexibility index (Phi) is 4.89. The third kappa shape index (κ3) is 4.05. The van der Waals surface area contributed by atoms with Gasteiger partial charge in [-0.2, -0.15) is 5.26 Å². The van der Waals surface area contributed by atoms with Gasteiger partial charge in [-0.15, -0.1) is 0 Å². The molecule has 0 aliphatic rings. The van der Waals surface area contributed by atoms with E-state index >= 15 is 0 Å². The van der Waals surface area contributed by atoms with Gasteiger partial charge in [0.25, 0.3) is 5.91 Å². The maximum atomic E-state index is 11.9. The van der Waals surface area contributed by atoms with Crippen molar-refractivity contribution in [2.24, 2.45) is 0 Å². The van der Waals surface area contributed by atoms with Crippen molar-refractivity contribution in [2.75, 3.05) is 13.7 Å². The van der Waals surface area contributed by atoms with Gasteiger partial charge in [0.1, 0.15) is 17.5 Å². The molecule has 0 saturated heterocycles. The highest BCUT2D eigenvalue weighted by Gasteiger charge is 2.05. The van der Waals surface area contributed by atoms with Gasteiger partial charge in [-0.1, -0.05) is 12.1 Å². The molecule has 5 nitrogen and oxygen atoms in total. The first-order chi connectivity index (χ1) is 10.2. The standard InChI is InChI=1S/C16H15N3O2/c1-21-15-6-2-12(3-7-15)8-9-18-16(20)13-4-5-14(10-17)19-11-13/h2-7,11H,8-9H2,1H3,(H,18,20). The molecule has 0 aliphatic heterocycles. The topological polar surface area (TPSA) is 75.0 Å². The van der Waals surface area contributed by atoms with Gasteiger partial charge in [0.2, 0.25) is 0 Å². The molecule has 1 heterocycles. The molecule has 0 saturated carbocycles. The van der Waals surface area contributed by atoms with E-state index < -0.39 is 0 Å². The minimum atomic E-state index is -0.194. The summed E-state index contributed by atoms with van der Waals surface area (Å²) in [5.41, 5.74) is 1.86. The van der Waals surface area contributed by atoms with Gasteiger partial charge in [0.15, 0.2) is 0 Å². The van der Waals surface area contributed by atoms with Crippen LogP contribution in [0.4, 0.5) is 0 Å². The molecule has 2 aromatic rings. The van der Waals surface area contributed by atoms with E-state index in [4.69, 9.17) is 10.00 Å². The van der Waals surface area contributed by atoms with Crippen molar-refractivity contribution >= 4 is 5.91 Å². The van der Waals surface area contributed by atoms with Gasteiger partial charge >= 0.3 is 0 Å². The maximum absolute atomic E-state index is 11.9. The van der Waals surface area contributed by atoms with Crippen LogP contribution in [0.5, 0.6) is 5.75 Å². The van der Waals surface area contributed by atoms with Gasteiger partial charge < -0.3 is 10.1 Å². The predicted octanol–water partition coefficient (Wildman–Crippen LogP) is 1.93. The summed E-state index contributed by atoms with van der Waals surface area (Å²) < 4.78 is 5.09. The number of benzene rings is 1. The summed E-state index contributed by atoms with van der Waals surface area (Å²) in [6.07, 6.45) is 2.14. The van der Waals surface area contributed by atoms with Crippen molar-refractivity contribution < 1.29 is 9.53 Å². The molecule has 0 aliphatic carbocycles. The van der Waals surface area contributed by atoms with Crippen molar-refractivity contribution in [3.8, 4) is 11.8 Å². The molecule has 0 bridgehead atoms. The van der Waals surface area contributed by atoms with Gasteiger partial charge in [-0.3, -0.25) is 4.79 Å². The normalized spacial score (nSPS) is 9.71. The van der Waals surface area contributed by atoms with Crippen LogP contribution >= 0.6 is 0 Å². The molecule has 1 N–H and O–H groups in total. The summed E-state index contributed by atoms with van der Waals surface area (Å²) in [4.78, 5) is 15.7. The number of rotatable bonds is 5. The summed E-state index contributed by atoms with van der Waals surface area (Å²) >= 11 is 0. The van der Waals surface area contributed by atoms with Crippen LogP contribution in [0.2, 0.25) is 0 Å². The van der Waals surface area contributed by atoms with E-state index in [1.54, 1.807) is 13.2 Å². The van der Waals surface area contributed by atoms with E-state index in [9.17, 15) is 4.79 Å². The molecule has 1 aromatic heterocycles. The predicted molar refractivity (Wildman–Crippen MR) is 78.0 cm³/mol. The molecule has 1 amide bonds. The maximum Gasteiger partial charge on any atom is 0.252 e. The number of hydrogen-bond donors (Lipinski definition) is 1. The lowest BCUT2D eigenvalue weighted by Gasteiger charge is -2.06. The van der Waals surface area contributed by atoms with E-state index in [1.165, 1.54) is 12.3 Å². The van der Waals surface area contributed by atoms with E-state index in [2.05, 4.69) is 10.3 Å². The van der Waals surface area contributed by atoms with Crippen LogP contribution in [0.25, 0.3) is 0 Å². The zero-order valence-electron chi connectivity index (χ0n) is 11.7. The van der Waals surface area contributed by atoms with Crippen molar-refractivity contribution in [2.45, 2.75) is 6.42 Å². The molecular weight excluding hydrogens is 266 g/mol. The molecule has 5 heteroatoms. The highest BCUT2D eigenvalue weighted by Crippen LogP contribution is 2.11. The fraction of sp³-hybridized carbons (Fsp3) is 0.188. The van der Waals surface area contributed by atoms with Crippen LogP contribution in [-0.2, 0) is 6.42 Å². The Hall–Kier alpha value is -2.87. The fourth-order valence-electron chi connectivity index (χ4n) is 1.81. The van der Waals surface area contributed by atoms with Gasteiger partial charge in [0, 0.05) is 12.7 Å². The van der Waals surface area contributed by atoms with Crippen LogP contribution in [0.15, 0.2) is 42.6 Å². The van der Waals surface area contributed by atoms with Crippen molar-refractivity contribution in [1.29, 1.82) is 5.26 Å². The number of nitriles is 1. The van der Waals surface area contributed by atoms with Crippen molar-refractivity contribution in [1.82, 2.24) is 10.3 Å². The number of ether oxygens (including phenoxy) is 1. The number of carbonyl (C=O) groups is 1. The molecule has 0 spiro atoms. The first-order valence-electron chi connectivity index (χ1n) is 6.50. The number of pyridine rings is 1. The first-order valence-corrected chi connectivity index (χ1v) is 6.50. The Balaban J connectivity index is 1.84. The lowest BCUT2D eigenvalue weighted by atomic mass is 10.1. The highest BCUT2D eigenvalue weighted by atomic mass is 16.5. The number of hydrogen-bond acceptors (Lipinski definition) is 4. The van der Waals surface area contributed by atoms with Gasteiger partial charge in [-0.25, -0.2) is 4.98 Å². The third-order valence-corrected chi connectivity index (χ3v) is 3.00. The number of carbonyl (C=O) groups excluding carboxylic acids is 1. The molecule has 0 atom stereocenters. The monoisotopic (exact) mass is 281 g/mol. The molecule has 21 heavy (non-hydrogen) atoms. The average molecular weight is 281 g/mol. The van der Waals surface area contributed by atoms with Crippen molar-refractivity contribution in [3.05, 3.63) is 59.4 Å². The second kappa shape index (κ2) is 7.06. The number of amides is 1. The molecule has 106 valence electrons. The molecule has 0 unspecified atom stereocenters. The SMILES string of the molecule is COc1ccc(CCNC(=O)c2ccc(C#N)nc2)cc1. The van der Waals surface area contributed by atoms with Crippen LogP contribution in [0.1, 0.15) is 21.6 Å². The zero-order valence-corrected chi connectivity index (χ0v) is 11.7. The van der Waals surface area contributed by atoms with Gasteiger partial charge in [-0.05, 0) is 36.2 Å². The minimum Gasteiger partial charge on any atom is -0.497 e. The summed E-state index contributed by atoms with van der Waals surface area (Å²) in [5.74, 6) is 0.618. The largest absolute Gasteiger partial charge is 0.497 e. The molecular formula is C16H15N3O2. The van der Waals surface area contributed by atoms with E-state index in [0.29, 0.717) is 17.8 Å². The van der Waals surface area contributed by atoms with Crippen LogP contribution in [0, 0.1) is 11.3 Å². The van der Waals surface area contributed by atoms with Crippen LogP contribution in [-0.4, -0.2) is 24.5 Å². The minimum absolute atomic E-state index is 0.194. The average Bonchev–Trinajstić information content (AvgIpc) is 2.55. The molecule has 0 fully saturated rings. The Morgan fingerprint density at radius 3 is 2.62 bits per heavy atom. The van der Waals surface area contributed by atoms with E-state index in [-0.39, 0.29) is 5.91 Å². The second-order valence-corrected chi connectivity index (χ2v) is 4.40. The smallest absolute Gasteiger partial charge is 0.252 e. The Bertz CT molecular complexity index is 643. The highest BCUT2D eigenvalue weighted by molar-refractivity contribution is 5.93. The van der Waals surface area contributed by atoms with E-state index in [0.717, 1.165) is 17.7 Å². The Morgan fingerprint density at radius 2 is 2.05 bits per heavy atom. The Labute approximate surface area is 123 Å². The van der Waals surface area contributed by atoms with Crippen LogP contribution < -0.4 is 10.1 Å².